The molecule has 0 aromatic heterocycles. The molecule has 1 rings (SSSR count). The van der Waals surface area contributed by atoms with Gasteiger partial charge in [-0.1, -0.05) is 44.2 Å². The number of nitrogens with one attached hydrogen (secondary N) is 1. The van der Waals surface area contributed by atoms with Crippen LogP contribution in [0, 0.1) is 0 Å². The fourth-order valence-corrected chi connectivity index (χ4v) is 2.82. The lowest BCUT2D eigenvalue weighted by Gasteiger charge is -2.27. The molecule has 0 bridgehead atoms. The number of anilines is 1. The van der Waals surface area contributed by atoms with E-state index < -0.39 is 0 Å². The molecule has 1 atom stereocenters. The molecule has 0 saturated heterocycles. The van der Waals surface area contributed by atoms with Crippen LogP contribution >= 0.6 is 11.6 Å². The van der Waals surface area contributed by atoms with Crippen molar-refractivity contribution in [1.29, 1.82) is 0 Å². The van der Waals surface area contributed by atoms with Crippen molar-refractivity contribution in [3.63, 3.8) is 0 Å². The number of rotatable bonds is 7. The van der Waals surface area contributed by atoms with Crippen LogP contribution < -0.4 is 5.32 Å². The van der Waals surface area contributed by atoms with Crippen LogP contribution in [0.25, 0.3) is 5.03 Å². The molecule has 0 heterocycles. The van der Waals surface area contributed by atoms with Gasteiger partial charge >= 0.3 is 0 Å². The first-order valence-corrected chi connectivity index (χ1v) is 7.31. The van der Waals surface area contributed by atoms with Gasteiger partial charge in [-0.05, 0) is 38.1 Å². The van der Waals surface area contributed by atoms with Gasteiger partial charge in [-0.15, -0.1) is 0 Å². The van der Waals surface area contributed by atoms with Crippen molar-refractivity contribution < 1.29 is 0 Å². The summed E-state index contributed by atoms with van der Waals surface area (Å²) in [5.74, 6) is 0. The topological polar surface area (TPSA) is 15.3 Å². The molecule has 2 nitrogen and oxygen atoms in total. The summed E-state index contributed by atoms with van der Waals surface area (Å²) in [7, 11) is 1.91. The van der Waals surface area contributed by atoms with E-state index in [1.165, 1.54) is 5.56 Å². The molecule has 0 aliphatic carbocycles. The summed E-state index contributed by atoms with van der Waals surface area (Å²) >= 11 is 6.17. The van der Waals surface area contributed by atoms with Gasteiger partial charge in [-0.3, -0.25) is 0 Å². The summed E-state index contributed by atoms with van der Waals surface area (Å²) < 4.78 is 0. The Morgan fingerprint density at radius 3 is 2.47 bits per heavy atom. The van der Waals surface area contributed by atoms with E-state index in [-0.39, 0.29) is 0 Å². The maximum absolute atomic E-state index is 6.17. The molecule has 0 aliphatic rings. The first-order chi connectivity index (χ1) is 9.04. The molecule has 0 saturated carbocycles. The predicted molar refractivity (Wildman–Crippen MR) is 87.0 cm³/mol. The normalized spacial score (nSPS) is 12.5. The number of hydrogen-bond donors (Lipinski definition) is 1. The van der Waals surface area contributed by atoms with Crippen LogP contribution in [0.4, 0.5) is 5.69 Å². The van der Waals surface area contributed by atoms with E-state index in [4.69, 9.17) is 11.6 Å². The summed E-state index contributed by atoms with van der Waals surface area (Å²) in [5, 5.41) is 3.79. The number of hydrogen-bond acceptors (Lipinski definition) is 2. The second kappa shape index (κ2) is 7.56. The van der Waals surface area contributed by atoms with Gasteiger partial charge in [0.15, 0.2) is 0 Å². The third kappa shape index (κ3) is 3.99. The Bertz CT molecular complexity index is 425. The maximum Gasteiger partial charge on any atom is 0.0430 e. The number of likely N-dealkylation sites (N-methyl/N-ethyl adjacent to an activating group) is 1. The lowest BCUT2D eigenvalue weighted by Crippen LogP contribution is -2.34. The van der Waals surface area contributed by atoms with Crippen molar-refractivity contribution in [2.24, 2.45) is 0 Å². The van der Waals surface area contributed by atoms with E-state index in [1.807, 2.05) is 13.1 Å². The standard InChI is InChI=1S/C16H25ClN2/c1-6-19(7-2)12(3)11-14-9-8-10-15(18-5)16(14)13(4)17/h8-10,12,18H,4,6-7,11H2,1-3,5H3. The zero-order valence-corrected chi connectivity index (χ0v) is 13.2. The largest absolute Gasteiger partial charge is 0.388 e. The summed E-state index contributed by atoms with van der Waals surface area (Å²) in [6, 6.07) is 6.74. The molecule has 1 N–H and O–H groups in total. The minimum absolute atomic E-state index is 0.497. The lowest BCUT2D eigenvalue weighted by atomic mass is 9.98. The van der Waals surface area contributed by atoms with E-state index in [9.17, 15) is 0 Å². The smallest absolute Gasteiger partial charge is 0.0430 e. The third-order valence-electron chi connectivity index (χ3n) is 3.64. The molecule has 106 valence electrons. The molecule has 1 aromatic carbocycles. The van der Waals surface area contributed by atoms with Crippen molar-refractivity contribution in [2.45, 2.75) is 33.2 Å². The molecule has 1 unspecified atom stereocenters. The van der Waals surface area contributed by atoms with Crippen LogP contribution in [0.3, 0.4) is 0 Å². The summed E-state index contributed by atoms with van der Waals surface area (Å²) in [5.41, 5.74) is 3.35. The van der Waals surface area contributed by atoms with Crippen molar-refractivity contribution in [2.75, 3.05) is 25.5 Å². The molecule has 1 aromatic rings. The molecular weight excluding hydrogens is 256 g/mol. The Labute approximate surface area is 122 Å². The molecule has 0 fully saturated rings. The van der Waals surface area contributed by atoms with Crippen molar-refractivity contribution >= 4 is 22.3 Å². The average Bonchev–Trinajstić information content (AvgIpc) is 2.39. The molecule has 0 aliphatic heterocycles. The Kier molecular flexibility index (Phi) is 6.40. The zero-order valence-electron chi connectivity index (χ0n) is 12.5. The predicted octanol–water partition coefficient (Wildman–Crippen LogP) is 4.21. The maximum atomic E-state index is 6.17. The van der Waals surface area contributed by atoms with Crippen molar-refractivity contribution in [3.8, 4) is 0 Å². The zero-order chi connectivity index (χ0) is 14.4. The van der Waals surface area contributed by atoms with Crippen LogP contribution in [-0.2, 0) is 6.42 Å². The van der Waals surface area contributed by atoms with Gasteiger partial charge in [0.2, 0.25) is 0 Å². The first-order valence-electron chi connectivity index (χ1n) is 6.93. The SMILES string of the molecule is C=C(Cl)c1c(CC(C)N(CC)CC)cccc1NC. The van der Waals surface area contributed by atoms with Crippen molar-refractivity contribution in [1.82, 2.24) is 4.90 Å². The number of benzene rings is 1. The number of halogens is 1. The van der Waals surface area contributed by atoms with Gasteiger partial charge in [0.05, 0.1) is 0 Å². The minimum atomic E-state index is 0.497. The highest BCUT2D eigenvalue weighted by atomic mass is 35.5. The summed E-state index contributed by atoms with van der Waals surface area (Å²) in [6.45, 7) is 12.7. The van der Waals surface area contributed by atoms with Crippen LogP contribution in [0.15, 0.2) is 24.8 Å². The van der Waals surface area contributed by atoms with Crippen LogP contribution in [0.1, 0.15) is 31.9 Å². The summed E-state index contributed by atoms with van der Waals surface area (Å²) in [6.07, 6.45) is 0.984. The second-order valence-corrected chi connectivity index (χ2v) is 5.23. The van der Waals surface area contributed by atoms with Crippen LogP contribution in [0.5, 0.6) is 0 Å². The highest BCUT2D eigenvalue weighted by molar-refractivity contribution is 6.49. The van der Waals surface area contributed by atoms with Gasteiger partial charge in [-0.2, -0.15) is 0 Å². The third-order valence-corrected chi connectivity index (χ3v) is 3.83. The van der Waals surface area contributed by atoms with Gasteiger partial charge in [0, 0.05) is 29.4 Å². The van der Waals surface area contributed by atoms with Crippen LogP contribution in [-0.4, -0.2) is 31.1 Å². The van der Waals surface area contributed by atoms with E-state index in [0.717, 1.165) is 30.8 Å². The second-order valence-electron chi connectivity index (χ2n) is 4.77. The molecule has 3 heteroatoms. The molecule has 19 heavy (non-hydrogen) atoms. The van der Waals surface area contributed by atoms with E-state index in [0.29, 0.717) is 11.1 Å². The Hall–Kier alpha value is -0.990. The van der Waals surface area contributed by atoms with Crippen LogP contribution in [0.2, 0.25) is 0 Å². The van der Waals surface area contributed by atoms with Gasteiger partial charge < -0.3 is 10.2 Å². The Balaban J connectivity index is 3.03. The first kappa shape index (κ1) is 16.1. The summed E-state index contributed by atoms with van der Waals surface area (Å²) in [4.78, 5) is 2.45. The molecule has 0 radical (unpaired) electrons. The minimum Gasteiger partial charge on any atom is -0.388 e. The fourth-order valence-electron chi connectivity index (χ4n) is 2.59. The van der Waals surface area contributed by atoms with Gasteiger partial charge in [-0.25, -0.2) is 0 Å². The van der Waals surface area contributed by atoms with Gasteiger partial charge in [0.25, 0.3) is 0 Å². The lowest BCUT2D eigenvalue weighted by molar-refractivity contribution is 0.230. The quantitative estimate of drug-likeness (QED) is 0.805. The van der Waals surface area contributed by atoms with E-state index in [2.05, 4.69) is 49.7 Å². The Morgan fingerprint density at radius 2 is 2.00 bits per heavy atom. The molecule has 0 spiro atoms. The monoisotopic (exact) mass is 280 g/mol. The fraction of sp³-hybridized carbons (Fsp3) is 0.500. The van der Waals surface area contributed by atoms with E-state index >= 15 is 0 Å². The number of nitrogens with zero attached hydrogens (tertiary/aromatic N) is 1. The molecule has 0 amide bonds. The Morgan fingerprint density at radius 1 is 1.37 bits per heavy atom. The average molecular weight is 281 g/mol. The van der Waals surface area contributed by atoms with Crippen molar-refractivity contribution in [3.05, 3.63) is 35.9 Å². The highest BCUT2D eigenvalue weighted by Gasteiger charge is 2.15. The van der Waals surface area contributed by atoms with Gasteiger partial charge in [0.1, 0.15) is 0 Å². The molecular formula is C16H25ClN2. The highest BCUT2D eigenvalue weighted by Crippen LogP contribution is 2.30. The van der Waals surface area contributed by atoms with E-state index in [1.54, 1.807) is 0 Å².